The molecule has 2 nitrogen and oxygen atoms in total. The fraction of sp³-hybridized carbons (Fsp3) is 0.538. The highest BCUT2D eigenvalue weighted by Crippen LogP contribution is 2.28. The normalized spacial score (nSPS) is 15.7. The Balaban J connectivity index is 2.83. The van der Waals surface area contributed by atoms with E-state index in [1.54, 1.807) is 0 Å². The predicted octanol–water partition coefficient (Wildman–Crippen LogP) is 2.76. The highest BCUT2D eigenvalue weighted by Gasteiger charge is 2.25. The van der Waals surface area contributed by atoms with Crippen LogP contribution >= 0.6 is 0 Å². The van der Waals surface area contributed by atoms with Crippen molar-refractivity contribution >= 4 is 0 Å². The van der Waals surface area contributed by atoms with E-state index in [-0.39, 0.29) is 23.4 Å². The minimum absolute atomic E-state index is 0.0373. The lowest BCUT2D eigenvalue weighted by molar-refractivity contribution is 0.129. The molecule has 1 rings (SSSR count). The lowest BCUT2D eigenvalue weighted by atomic mass is 9.83. The van der Waals surface area contributed by atoms with Crippen LogP contribution in [0.15, 0.2) is 18.2 Å². The van der Waals surface area contributed by atoms with Crippen LogP contribution in [-0.2, 0) is 0 Å². The van der Waals surface area contributed by atoms with Crippen LogP contribution in [-0.4, -0.2) is 11.1 Å². The van der Waals surface area contributed by atoms with Gasteiger partial charge in [0.1, 0.15) is 11.6 Å². The summed E-state index contributed by atoms with van der Waals surface area (Å²) < 4.78 is 26.4. The summed E-state index contributed by atoms with van der Waals surface area (Å²) in [5.41, 5.74) is 5.67. The second kappa shape index (κ2) is 5.10. The van der Waals surface area contributed by atoms with E-state index in [0.29, 0.717) is 0 Å². The van der Waals surface area contributed by atoms with E-state index in [0.717, 1.165) is 18.2 Å². The average Bonchev–Trinajstić information content (AvgIpc) is 2.20. The molecule has 0 bridgehead atoms. The molecule has 0 heterocycles. The summed E-state index contributed by atoms with van der Waals surface area (Å²) in [5.74, 6) is -1.18. The second-order valence-electron chi connectivity index (χ2n) is 5.39. The number of benzene rings is 1. The van der Waals surface area contributed by atoms with Crippen LogP contribution in [0.1, 0.15) is 38.9 Å². The van der Waals surface area contributed by atoms with Gasteiger partial charge in [-0.3, -0.25) is 0 Å². The van der Waals surface area contributed by atoms with Gasteiger partial charge in [0, 0.05) is 11.6 Å². The van der Waals surface area contributed by atoms with Gasteiger partial charge in [-0.1, -0.05) is 20.8 Å². The van der Waals surface area contributed by atoms with Crippen LogP contribution < -0.4 is 5.73 Å². The van der Waals surface area contributed by atoms with E-state index >= 15 is 0 Å². The van der Waals surface area contributed by atoms with Crippen molar-refractivity contribution < 1.29 is 13.9 Å². The van der Waals surface area contributed by atoms with Crippen molar-refractivity contribution in [2.75, 3.05) is 0 Å². The predicted molar refractivity (Wildman–Crippen MR) is 63.4 cm³/mol. The van der Waals surface area contributed by atoms with Gasteiger partial charge < -0.3 is 10.8 Å². The summed E-state index contributed by atoms with van der Waals surface area (Å²) in [6.45, 7) is 5.81. The van der Waals surface area contributed by atoms with E-state index in [4.69, 9.17) is 5.73 Å². The number of aliphatic hydroxyl groups is 1. The molecule has 0 saturated heterocycles. The van der Waals surface area contributed by atoms with Crippen LogP contribution in [0.25, 0.3) is 0 Å². The summed E-state index contributed by atoms with van der Waals surface area (Å²) in [6, 6.07) is 2.75. The van der Waals surface area contributed by atoms with Gasteiger partial charge in [-0.15, -0.1) is 0 Å². The van der Waals surface area contributed by atoms with Crippen molar-refractivity contribution in [1.82, 2.24) is 0 Å². The summed E-state index contributed by atoms with van der Waals surface area (Å²) in [4.78, 5) is 0. The van der Waals surface area contributed by atoms with Crippen LogP contribution in [0.3, 0.4) is 0 Å². The Morgan fingerprint density at radius 2 is 1.88 bits per heavy atom. The number of hydrogen-bond donors (Lipinski definition) is 2. The second-order valence-corrected chi connectivity index (χ2v) is 5.39. The van der Waals surface area contributed by atoms with E-state index in [1.165, 1.54) is 0 Å². The molecular formula is C13H19F2NO. The van der Waals surface area contributed by atoms with E-state index in [1.807, 2.05) is 20.8 Å². The SMILES string of the molecule is CC(C)(C)[C@@H](N)C[C@@H](O)c1cc(F)ccc1F. The minimum Gasteiger partial charge on any atom is -0.388 e. The fourth-order valence-corrected chi connectivity index (χ4v) is 1.49. The number of rotatable bonds is 3. The first-order valence-electron chi connectivity index (χ1n) is 5.60. The standard InChI is InChI=1S/C13H19F2NO/c1-13(2,3)12(16)7-11(17)9-6-8(14)4-5-10(9)15/h4-6,11-12,17H,7,16H2,1-3H3/t11-,12+/m1/s1. The van der Waals surface area contributed by atoms with Crippen molar-refractivity contribution in [3.63, 3.8) is 0 Å². The Hall–Kier alpha value is -1.00. The Morgan fingerprint density at radius 3 is 2.41 bits per heavy atom. The maximum absolute atomic E-state index is 13.4. The minimum atomic E-state index is -1.08. The lowest BCUT2D eigenvalue weighted by Gasteiger charge is -2.29. The number of aliphatic hydroxyl groups excluding tert-OH is 1. The molecule has 3 N–H and O–H groups in total. The van der Waals surface area contributed by atoms with Gasteiger partial charge in [0.15, 0.2) is 0 Å². The van der Waals surface area contributed by atoms with Crippen molar-refractivity contribution in [3.8, 4) is 0 Å². The largest absolute Gasteiger partial charge is 0.388 e. The molecule has 0 aliphatic carbocycles. The first-order valence-corrected chi connectivity index (χ1v) is 5.60. The van der Waals surface area contributed by atoms with E-state index in [2.05, 4.69) is 0 Å². The van der Waals surface area contributed by atoms with Gasteiger partial charge in [-0.05, 0) is 30.0 Å². The molecular weight excluding hydrogens is 224 g/mol. The number of nitrogens with two attached hydrogens (primary N) is 1. The molecule has 17 heavy (non-hydrogen) atoms. The Bertz CT molecular complexity index is 387. The monoisotopic (exact) mass is 243 g/mol. The summed E-state index contributed by atoms with van der Waals surface area (Å²) in [6.07, 6.45) is -0.885. The van der Waals surface area contributed by atoms with Gasteiger partial charge in [-0.2, -0.15) is 0 Å². The van der Waals surface area contributed by atoms with Gasteiger partial charge in [0.2, 0.25) is 0 Å². The molecule has 0 fully saturated rings. The molecule has 0 unspecified atom stereocenters. The summed E-state index contributed by atoms with van der Waals surface area (Å²) in [7, 11) is 0. The molecule has 0 aliphatic heterocycles. The van der Waals surface area contributed by atoms with Crippen LogP contribution in [0.4, 0.5) is 8.78 Å². The molecule has 96 valence electrons. The first-order chi connectivity index (χ1) is 7.71. The van der Waals surface area contributed by atoms with E-state index < -0.39 is 17.7 Å². The zero-order valence-corrected chi connectivity index (χ0v) is 10.4. The Morgan fingerprint density at radius 1 is 1.29 bits per heavy atom. The zero-order valence-electron chi connectivity index (χ0n) is 10.4. The molecule has 0 amide bonds. The third-order valence-corrected chi connectivity index (χ3v) is 2.91. The molecule has 4 heteroatoms. The molecule has 0 saturated carbocycles. The molecule has 0 spiro atoms. The molecule has 0 radical (unpaired) electrons. The van der Waals surface area contributed by atoms with Gasteiger partial charge in [0.05, 0.1) is 6.10 Å². The third-order valence-electron chi connectivity index (χ3n) is 2.91. The smallest absolute Gasteiger partial charge is 0.129 e. The van der Waals surface area contributed by atoms with Gasteiger partial charge >= 0.3 is 0 Å². The van der Waals surface area contributed by atoms with Crippen molar-refractivity contribution in [2.24, 2.45) is 11.1 Å². The topological polar surface area (TPSA) is 46.2 Å². The molecule has 1 aromatic rings. The third kappa shape index (κ3) is 3.75. The van der Waals surface area contributed by atoms with Crippen molar-refractivity contribution in [3.05, 3.63) is 35.4 Å². The highest BCUT2D eigenvalue weighted by molar-refractivity contribution is 5.21. The molecule has 0 aromatic heterocycles. The quantitative estimate of drug-likeness (QED) is 0.857. The number of hydrogen-bond acceptors (Lipinski definition) is 2. The van der Waals surface area contributed by atoms with Crippen molar-refractivity contribution in [1.29, 1.82) is 0 Å². The van der Waals surface area contributed by atoms with Crippen LogP contribution in [0, 0.1) is 17.0 Å². The van der Waals surface area contributed by atoms with Crippen LogP contribution in [0.2, 0.25) is 0 Å². The summed E-state index contributed by atoms with van der Waals surface area (Å²) >= 11 is 0. The van der Waals surface area contributed by atoms with Crippen molar-refractivity contribution in [2.45, 2.75) is 39.3 Å². The number of halogens is 2. The lowest BCUT2D eigenvalue weighted by Crippen LogP contribution is -2.36. The molecule has 2 atom stereocenters. The summed E-state index contributed by atoms with van der Waals surface area (Å²) in [5, 5.41) is 9.87. The molecule has 0 aliphatic rings. The van der Waals surface area contributed by atoms with Gasteiger partial charge in [0.25, 0.3) is 0 Å². The van der Waals surface area contributed by atoms with E-state index in [9.17, 15) is 13.9 Å². The maximum Gasteiger partial charge on any atom is 0.129 e. The fourth-order valence-electron chi connectivity index (χ4n) is 1.49. The van der Waals surface area contributed by atoms with Gasteiger partial charge in [-0.25, -0.2) is 8.78 Å². The average molecular weight is 243 g/mol. The Kier molecular flexibility index (Phi) is 4.22. The highest BCUT2D eigenvalue weighted by atomic mass is 19.1. The first kappa shape index (κ1) is 14.1. The maximum atomic E-state index is 13.4. The zero-order chi connectivity index (χ0) is 13.2. The Labute approximate surface area is 100 Å². The van der Waals surface area contributed by atoms with Crippen LogP contribution in [0.5, 0.6) is 0 Å². The molecule has 1 aromatic carbocycles.